The van der Waals surface area contributed by atoms with Gasteiger partial charge in [-0.3, -0.25) is 25.2 Å². The molecule has 1 aromatic heterocycles. The zero-order valence-electron chi connectivity index (χ0n) is 14.9. The van der Waals surface area contributed by atoms with Gasteiger partial charge in [0.05, 0.1) is 13.4 Å². The molecule has 8 nitrogen and oxygen atoms in total. The van der Waals surface area contributed by atoms with Crippen molar-refractivity contribution < 1.29 is 23.5 Å². The average molecular weight is 379 g/mol. The minimum atomic E-state index is -0.532. The van der Waals surface area contributed by atoms with Crippen molar-refractivity contribution in [3.63, 3.8) is 0 Å². The summed E-state index contributed by atoms with van der Waals surface area (Å²) in [6.45, 7) is 0. The Labute approximate surface area is 160 Å². The van der Waals surface area contributed by atoms with E-state index in [1.54, 1.807) is 48.5 Å². The lowest BCUT2D eigenvalue weighted by molar-refractivity contribution is 0.0846. The van der Waals surface area contributed by atoms with Crippen LogP contribution in [0.15, 0.2) is 71.3 Å². The molecule has 0 fully saturated rings. The highest BCUT2D eigenvalue weighted by Crippen LogP contribution is 2.13. The van der Waals surface area contributed by atoms with Crippen molar-refractivity contribution in [1.29, 1.82) is 0 Å². The highest BCUT2D eigenvalue weighted by molar-refractivity contribution is 6.03. The van der Waals surface area contributed by atoms with Gasteiger partial charge in [-0.2, -0.15) is 0 Å². The number of nitrogens with one attached hydrogen (secondary N) is 3. The lowest BCUT2D eigenvalue weighted by Crippen LogP contribution is -2.41. The van der Waals surface area contributed by atoms with Crippen LogP contribution in [0.2, 0.25) is 0 Å². The summed E-state index contributed by atoms with van der Waals surface area (Å²) in [5.41, 5.74) is 5.70. The second-order valence-electron chi connectivity index (χ2n) is 5.65. The molecule has 142 valence electrons. The van der Waals surface area contributed by atoms with Crippen molar-refractivity contribution in [3.05, 3.63) is 83.8 Å². The maximum absolute atomic E-state index is 12.3. The zero-order chi connectivity index (χ0) is 19.9. The number of amides is 3. The fourth-order valence-electron chi connectivity index (χ4n) is 2.34. The van der Waals surface area contributed by atoms with Gasteiger partial charge in [0.1, 0.15) is 5.75 Å². The highest BCUT2D eigenvalue weighted by atomic mass is 16.5. The smallest absolute Gasteiger partial charge is 0.291 e. The normalized spacial score (nSPS) is 10.0. The fourth-order valence-corrected chi connectivity index (χ4v) is 2.34. The molecule has 2 aromatic carbocycles. The molecule has 0 radical (unpaired) electrons. The van der Waals surface area contributed by atoms with Gasteiger partial charge in [0.15, 0.2) is 5.76 Å². The second-order valence-corrected chi connectivity index (χ2v) is 5.65. The van der Waals surface area contributed by atoms with E-state index in [0.717, 1.165) is 0 Å². The summed E-state index contributed by atoms with van der Waals surface area (Å²) in [6.07, 6.45) is 1.39. The minimum Gasteiger partial charge on any atom is -0.497 e. The van der Waals surface area contributed by atoms with Crippen molar-refractivity contribution in [2.45, 2.75) is 0 Å². The van der Waals surface area contributed by atoms with E-state index in [1.807, 2.05) is 0 Å². The maximum Gasteiger partial charge on any atom is 0.291 e. The monoisotopic (exact) mass is 379 g/mol. The van der Waals surface area contributed by atoms with Gasteiger partial charge < -0.3 is 14.5 Å². The molecule has 0 spiro atoms. The van der Waals surface area contributed by atoms with Gasteiger partial charge in [0.2, 0.25) is 0 Å². The molecule has 0 saturated carbocycles. The summed E-state index contributed by atoms with van der Waals surface area (Å²) in [4.78, 5) is 36.4. The van der Waals surface area contributed by atoms with Crippen molar-refractivity contribution >= 4 is 23.4 Å². The standard InChI is InChI=1S/C20H17N3O5/c1-27-16-9-7-13(8-10-16)18(24)22-23-19(25)14-4-2-5-15(12-14)21-20(26)17-6-3-11-28-17/h2-12H,1H3,(H,21,26)(H,22,24)(H,23,25). The van der Waals surface area contributed by atoms with Crippen LogP contribution in [-0.4, -0.2) is 24.8 Å². The quantitative estimate of drug-likeness (QED) is 0.591. The first kappa shape index (κ1) is 18.7. The Morgan fingerprint density at radius 2 is 1.54 bits per heavy atom. The fraction of sp³-hybridized carbons (Fsp3) is 0.0500. The molecule has 8 heteroatoms. The van der Waals surface area contributed by atoms with Crippen molar-refractivity contribution in [2.24, 2.45) is 0 Å². The van der Waals surface area contributed by atoms with E-state index in [9.17, 15) is 14.4 Å². The van der Waals surface area contributed by atoms with Crippen LogP contribution in [-0.2, 0) is 0 Å². The molecule has 3 aromatic rings. The molecule has 3 rings (SSSR count). The zero-order valence-corrected chi connectivity index (χ0v) is 14.9. The number of furan rings is 1. The van der Waals surface area contributed by atoms with Gasteiger partial charge >= 0.3 is 0 Å². The Hall–Kier alpha value is -4.07. The first-order valence-electron chi connectivity index (χ1n) is 8.26. The van der Waals surface area contributed by atoms with Crippen LogP contribution in [0.5, 0.6) is 5.75 Å². The van der Waals surface area contributed by atoms with E-state index in [4.69, 9.17) is 9.15 Å². The van der Waals surface area contributed by atoms with E-state index < -0.39 is 17.7 Å². The van der Waals surface area contributed by atoms with E-state index in [2.05, 4.69) is 16.2 Å². The van der Waals surface area contributed by atoms with Crippen molar-refractivity contribution in [3.8, 4) is 5.75 Å². The van der Waals surface area contributed by atoms with Gasteiger partial charge in [0.25, 0.3) is 17.7 Å². The number of methoxy groups -OCH3 is 1. The molecule has 3 N–H and O–H groups in total. The van der Waals surface area contributed by atoms with Gasteiger partial charge in [-0.05, 0) is 54.6 Å². The number of rotatable bonds is 5. The second kappa shape index (κ2) is 8.54. The summed E-state index contributed by atoms with van der Waals surface area (Å²) in [5, 5.41) is 2.63. The van der Waals surface area contributed by atoms with Crippen molar-refractivity contribution in [1.82, 2.24) is 10.9 Å². The molecule has 3 amide bonds. The number of hydrogen-bond acceptors (Lipinski definition) is 5. The molecule has 0 aliphatic heterocycles. The lowest BCUT2D eigenvalue weighted by atomic mass is 10.2. The molecule has 1 heterocycles. The number of ether oxygens (including phenoxy) is 1. The average Bonchev–Trinajstić information content (AvgIpc) is 3.27. The first-order valence-corrected chi connectivity index (χ1v) is 8.26. The number of carbonyl (C=O) groups is 3. The first-order chi connectivity index (χ1) is 13.6. The summed E-state index contributed by atoms with van der Waals surface area (Å²) in [5.74, 6) is -0.666. The van der Waals surface area contributed by atoms with Crippen LogP contribution in [0.4, 0.5) is 5.69 Å². The third kappa shape index (κ3) is 4.55. The van der Waals surface area contributed by atoms with Crippen LogP contribution in [0.25, 0.3) is 0 Å². The molecule has 0 aliphatic carbocycles. The molecular formula is C20H17N3O5. The number of anilines is 1. The Balaban J connectivity index is 1.59. The maximum atomic E-state index is 12.3. The van der Waals surface area contributed by atoms with Crippen LogP contribution >= 0.6 is 0 Å². The Morgan fingerprint density at radius 3 is 2.18 bits per heavy atom. The molecule has 0 bridgehead atoms. The van der Waals surface area contributed by atoms with Gasteiger partial charge in [-0.1, -0.05) is 6.07 Å². The summed E-state index contributed by atoms with van der Waals surface area (Å²) in [6, 6.07) is 15.8. The van der Waals surface area contributed by atoms with Crippen LogP contribution in [0.3, 0.4) is 0 Å². The SMILES string of the molecule is COc1ccc(C(=O)NNC(=O)c2cccc(NC(=O)c3ccco3)c2)cc1. The minimum absolute atomic E-state index is 0.154. The van der Waals surface area contributed by atoms with Crippen LogP contribution in [0, 0.1) is 0 Å². The van der Waals surface area contributed by atoms with E-state index >= 15 is 0 Å². The number of carbonyl (C=O) groups excluding carboxylic acids is 3. The topological polar surface area (TPSA) is 110 Å². The van der Waals surface area contributed by atoms with Gasteiger partial charge in [-0.15, -0.1) is 0 Å². The molecule has 0 atom stereocenters. The Kier molecular flexibility index (Phi) is 5.71. The van der Waals surface area contributed by atoms with Gasteiger partial charge in [0, 0.05) is 16.8 Å². The molecule has 0 saturated heterocycles. The predicted octanol–water partition coefficient (Wildman–Crippen LogP) is 2.62. The molecule has 0 unspecified atom stereocenters. The third-order valence-corrected chi connectivity index (χ3v) is 3.77. The summed E-state index contributed by atoms with van der Waals surface area (Å²) < 4.78 is 10.0. The number of hydrazine groups is 1. The van der Waals surface area contributed by atoms with Crippen LogP contribution in [0.1, 0.15) is 31.3 Å². The Morgan fingerprint density at radius 1 is 0.821 bits per heavy atom. The number of hydrogen-bond donors (Lipinski definition) is 3. The van der Waals surface area contributed by atoms with Crippen molar-refractivity contribution in [2.75, 3.05) is 12.4 Å². The van der Waals surface area contributed by atoms with E-state index in [-0.39, 0.29) is 11.3 Å². The van der Waals surface area contributed by atoms with E-state index in [1.165, 1.54) is 25.5 Å². The predicted molar refractivity (Wildman–Crippen MR) is 101 cm³/mol. The summed E-state index contributed by atoms with van der Waals surface area (Å²) >= 11 is 0. The number of benzene rings is 2. The molecule has 0 aliphatic rings. The van der Waals surface area contributed by atoms with Crippen LogP contribution < -0.4 is 20.9 Å². The molecule has 28 heavy (non-hydrogen) atoms. The third-order valence-electron chi connectivity index (χ3n) is 3.77. The largest absolute Gasteiger partial charge is 0.497 e. The Bertz CT molecular complexity index is 981. The molecular weight excluding hydrogens is 362 g/mol. The van der Waals surface area contributed by atoms with E-state index in [0.29, 0.717) is 17.0 Å². The lowest BCUT2D eigenvalue weighted by Gasteiger charge is -2.09. The highest BCUT2D eigenvalue weighted by Gasteiger charge is 2.12. The van der Waals surface area contributed by atoms with Gasteiger partial charge in [-0.25, -0.2) is 0 Å². The summed E-state index contributed by atoms with van der Waals surface area (Å²) in [7, 11) is 1.53.